The van der Waals surface area contributed by atoms with E-state index < -0.39 is 12.0 Å². The van der Waals surface area contributed by atoms with Crippen LogP contribution < -0.4 is 0 Å². The van der Waals surface area contributed by atoms with Gasteiger partial charge in [-0.1, -0.05) is 11.6 Å². The molecule has 0 unspecified atom stereocenters. The van der Waals surface area contributed by atoms with Gasteiger partial charge < -0.3 is 9.64 Å². The Morgan fingerprint density at radius 2 is 2.40 bits per heavy atom. The van der Waals surface area contributed by atoms with E-state index in [1.165, 1.54) is 0 Å². The van der Waals surface area contributed by atoms with Gasteiger partial charge in [-0.15, -0.1) is 11.8 Å². The number of alkyl halides is 1. The molecule has 0 radical (unpaired) electrons. The third kappa shape index (κ3) is 1.61. The number of ether oxygens (including phenoxy) is 1. The first-order valence-electron chi connectivity index (χ1n) is 4.69. The maximum Gasteiger partial charge on any atom is 0.331 e. The van der Waals surface area contributed by atoms with Crippen molar-refractivity contribution in [3.05, 3.63) is 0 Å². The number of carbonyl (C=O) groups excluding carboxylic acids is 2. The van der Waals surface area contributed by atoms with Gasteiger partial charge in [0.2, 0.25) is 5.91 Å². The third-order valence-corrected chi connectivity index (χ3v) is 4.35. The van der Waals surface area contributed by atoms with E-state index in [9.17, 15) is 9.59 Å². The zero-order valence-corrected chi connectivity index (χ0v) is 10.1. The van der Waals surface area contributed by atoms with Crippen LogP contribution in [0.4, 0.5) is 0 Å². The number of fused-ring (bicyclic) bond motifs is 1. The molecule has 2 fully saturated rings. The first-order valence-corrected chi connectivity index (χ1v) is 6.10. The zero-order valence-electron chi connectivity index (χ0n) is 8.53. The number of halogens is 1. The minimum Gasteiger partial charge on any atom is -0.448 e. The van der Waals surface area contributed by atoms with E-state index in [0.717, 1.165) is 0 Å². The molecule has 2 aliphatic heterocycles. The highest BCUT2D eigenvalue weighted by Crippen LogP contribution is 2.50. The highest BCUT2D eigenvalue weighted by Gasteiger charge is 2.58. The average molecular weight is 250 g/mol. The van der Waals surface area contributed by atoms with Crippen LogP contribution >= 0.6 is 23.4 Å². The Morgan fingerprint density at radius 3 is 2.93 bits per heavy atom. The van der Waals surface area contributed by atoms with Crippen molar-refractivity contribution in [1.29, 1.82) is 0 Å². The standard InChI is InChI=1S/C9H12ClNO3S/c1-9(2)7(8(13)14-4-10)11-5(12)3-6(11)15-9/h6-7H,3-4H2,1-2H3/t6-,7+/m1/s1. The topological polar surface area (TPSA) is 46.6 Å². The molecular weight excluding hydrogens is 238 g/mol. The van der Waals surface area contributed by atoms with E-state index in [1.807, 2.05) is 13.8 Å². The number of rotatable bonds is 2. The monoisotopic (exact) mass is 249 g/mol. The lowest BCUT2D eigenvalue weighted by molar-refractivity contribution is -0.160. The van der Waals surface area contributed by atoms with Crippen LogP contribution in [0.15, 0.2) is 0 Å². The molecule has 4 nitrogen and oxygen atoms in total. The first kappa shape index (κ1) is 11.1. The van der Waals surface area contributed by atoms with Crippen LogP contribution in [0.5, 0.6) is 0 Å². The number of carbonyl (C=O) groups is 2. The summed E-state index contributed by atoms with van der Waals surface area (Å²) in [7, 11) is 0. The molecule has 84 valence electrons. The molecule has 15 heavy (non-hydrogen) atoms. The molecule has 6 heteroatoms. The van der Waals surface area contributed by atoms with E-state index in [-0.39, 0.29) is 22.1 Å². The van der Waals surface area contributed by atoms with Crippen molar-refractivity contribution in [2.75, 3.05) is 6.07 Å². The Morgan fingerprint density at radius 1 is 1.73 bits per heavy atom. The number of nitrogens with zero attached hydrogens (tertiary/aromatic N) is 1. The Kier molecular flexibility index (Phi) is 2.63. The van der Waals surface area contributed by atoms with Crippen LogP contribution in [0.3, 0.4) is 0 Å². The molecule has 0 saturated carbocycles. The summed E-state index contributed by atoms with van der Waals surface area (Å²) in [6, 6.07) is -0.657. The SMILES string of the molecule is CC1(C)S[C@@H]2CC(=O)N2[C@H]1C(=O)OCCl. The third-order valence-electron chi connectivity index (χ3n) is 2.74. The quantitative estimate of drug-likeness (QED) is 0.419. The Hall–Kier alpha value is -0.420. The van der Waals surface area contributed by atoms with Crippen molar-refractivity contribution in [3.8, 4) is 0 Å². The van der Waals surface area contributed by atoms with Gasteiger partial charge in [-0.25, -0.2) is 4.79 Å². The van der Waals surface area contributed by atoms with Crippen molar-refractivity contribution >= 4 is 35.2 Å². The van der Waals surface area contributed by atoms with Crippen molar-refractivity contribution in [2.24, 2.45) is 0 Å². The lowest BCUT2D eigenvalue weighted by Gasteiger charge is -2.37. The fourth-order valence-electron chi connectivity index (χ4n) is 2.09. The number of hydrogen-bond donors (Lipinski definition) is 0. The molecule has 2 aliphatic rings. The second kappa shape index (κ2) is 3.56. The van der Waals surface area contributed by atoms with Gasteiger partial charge in [-0.05, 0) is 13.8 Å². The Balaban J connectivity index is 2.19. The van der Waals surface area contributed by atoms with Crippen LogP contribution in [-0.4, -0.2) is 39.0 Å². The summed E-state index contributed by atoms with van der Waals surface area (Å²) in [4.78, 5) is 24.7. The van der Waals surface area contributed by atoms with Gasteiger partial charge in [0, 0.05) is 4.75 Å². The second-order valence-corrected chi connectivity index (χ2v) is 6.21. The molecule has 0 aromatic carbocycles. The predicted octanol–water partition coefficient (Wildman–Crippen LogP) is 1.18. The van der Waals surface area contributed by atoms with Gasteiger partial charge in [-0.2, -0.15) is 0 Å². The summed E-state index contributed by atoms with van der Waals surface area (Å²) in [6.07, 6.45) is 0.527. The average Bonchev–Trinajstić information content (AvgIpc) is 2.33. The summed E-state index contributed by atoms with van der Waals surface area (Å²) >= 11 is 7.00. The zero-order chi connectivity index (χ0) is 11.2. The lowest BCUT2D eigenvalue weighted by Crippen LogP contribution is -2.57. The highest BCUT2D eigenvalue weighted by molar-refractivity contribution is 8.01. The summed E-state index contributed by atoms with van der Waals surface area (Å²) in [5.74, 6) is -0.382. The summed E-state index contributed by atoms with van der Waals surface area (Å²) in [5, 5.41) is 0.139. The summed E-state index contributed by atoms with van der Waals surface area (Å²) in [6.45, 7) is 3.90. The van der Waals surface area contributed by atoms with E-state index in [1.54, 1.807) is 16.7 Å². The van der Waals surface area contributed by atoms with Crippen molar-refractivity contribution in [2.45, 2.75) is 36.4 Å². The number of esters is 1. The molecular formula is C9H12ClNO3S. The molecule has 0 spiro atoms. The van der Waals surface area contributed by atoms with Crippen LogP contribution in [-0.2, 0) is 14.3 Å². The van der Waals surface area contributed by atoms with E-state index in [2.05, 4.69) is 0 Å². The van der Waals surface area contributed by atoms with Gasteiger partial charge in [0.25, 0.3) is 0 Å². The molecule has 2 atom stereocenters. The van der Waals surface area contributed by atoms with Crippen molar-refractivity contribution in [1.82, 2.24) is 4.90 Å². The summed E-state index contributed by atoms with van der Waals surface area (Å²) < 4.78 is 4.49. The van der Waals surface area contributed by atoms with Crippen molar-refractivity contribution in [3.63, 3.8) is 0 Å². The van der Waals surface area contributed by atoms with Crippen molar-refractivity contribution < 1.29 is 14.3 Å². The number of β-lactam (4-membered cyclic amide) rings is 1. The molecule has 0 bridgehead atoms. The van der Waals surface area contributed by atoms with Gasteiger partial charge in [0.1, 0.15) is 6.04 Å². The molecule has 0 aliphatic carbocycles. The van der Waals surface area contributed by atoms with E-state index in [0.29, 0.717) is 6.42 Å². The predicted molar refractivity (Wildman–Crippen MR) is 57.5 cm³/mol. The number of amides is 1. The minimum absolute atomic E-state index is 0.0228. The largest absolute Gasteiger partial charge is 0.448 e. The van der Waals surface area contributed by atoms with E-state index >= 15 is 0 Å². The minimum atomic E-state index is -0.493. The highest BCUT2D eigenvalue weighted by atomic mass is 35.5. The Labute approximate surface area is 97.3 Å². The van der Waals surface area contributed by atoms with Gasteiger partial charge >= 0.3 is 5.97 Å². The lowest BCUT2D eigenvalue weighted by atomic mass is 9.98. The van der Waals surface area contributed by atoms with Gasteiger partial charge in [0.15, 0.2) is 6.07 Å². The normalized spacial score (nSPS) is 32.2. The van der Waals surface area contributed by atoms with Gasteiger partial charge in [0.05, 0.1) is 11.8 Å². The van der Waals surface area contributed by atoms with Crippen LogP contribution in [0.25, 0.3) is 0 Å². The molecule has 0 N–H and O–H groups in total. The summed E-state index contributed by atoms with van der Waals surface area (Å²) in [5.41, 5.74) is 0. The number of thioether (sulfide) groups is 1. The fraction of sp³-hybridized carbons (Fsp3) is 0.778. The van der Waals surface area contributed by atoms with Gasteiger partial charge in [-0.3, -0.25) is 4.79 Å². The second-order valence-electron chi connectivity index (χ2n) is 4.16. The molecule has 1 amide bonds. The van der Waals surface area contributed by atoms with Crippen LogP contribution in [0.1, 0.15) is 20.3 Å². The molecule has 0 aromatic rings. The van der Waals surface area contributed by atoms with Crippen LogP contribution in [0, 0.1) is 0 Å². The maximum absolute atomic E-state index is 11.7. The smallest absolute Gasteiger partial charge is 0.331 e. The number of hydrogen-bond acceptors (Lipinski definition) is 4. The first-order chi connectivity index (χ1) is 6.97. The molecule has 2 rings (SSSR count). The molecule has 2 saturated heterocycles. The fourth-order valence-corrected chi connectivity index (χ4v) is 3.82. The maximum atomic E-state index is 11.7. The van der Waals surface area contributed by atoms with E-state index in [4.69, 9.17) is 16.3 Å². The molecule has 0 aromatic heterocycles. The Bertz CT molecular complexity index is 320. The molecule has 2 heterocycles. The van der Waals surface area contributed by atoms with Crippen LogP contribution in [0.2, 0.25) is 0 Å².